The van der Waals surface area contributed by atoms with Gasteiger partial charge in [-0.25, -0.2) is 0 Å². The van der Waals surface area contributed by atoms with Gasteiger partial charge >= 0.3 is 0 Å². The summed E-state index contributed by atoms with van der Waals surface area (Å²) in [6.45, 7) is 18.2. The van der Waals surface area contributed by atoms with Crippen LogP contribution in [-0.2, 0) is 32.6 Å². The van der Waals surface area contributed by atoms with E-state index in [0.717, 1.165) is 22.3 Å². The number of rotatable bonds is 2. The van der Waals surface area contributed by atoms with E-state index in [0.29, 0.717) is 0 Å². The molecule has 160 valence electrons. The van der Waals surface area contributed by atoms with Crippen LogP contribution in [0.25, 0.3) is 0 Å². The second kappa shape index (κ2) is 6.17. The zero-order valence-corrected chi connectivity index (χ0v) is 19.8. The van der Waals surface area contributed by atoms with Gasteiger partial charge < -0.3 is 0 Å². The Kier molecular flexibility index (Phi) is 4.42. The summed E-state index contributed by atoms with van der Waals surface area (Å²) < 4.78 is 0. The lowest BCUT2D eigenvalue weighted by Crippen LogP contribution is -2.41. The fourth-order valence-corrected chi connectivity index (χ4v) is 5.77. The lowest BCUT2D eigenvalue weighted by molar-refractivity contribution is -0.266. The minimum Gasteiger partial charge on any atom is -0.135 e. The molecule has 0 saturated heterocycles. The number of hydroxylamine groups is 4. The largest absolute Gasteiger partial charge is 0.135 e. The SMILES string of the molecule is CC(c1ccc2c(c1)C(C)(C)N([O])C2(C)C)c1ccc2c(c1)C(C)(C)N([O])C2(C)C. The van der Waals surface area contributed by atoms with Crippen LogP contribution in [0.4, 0.5) is 0 Å². The number of benzene rings is 2. The molecule has 0 unspecified atom stereocenters. The van der Waals surface area contributed by atoms with Crippen molar-refractivity contribution in [1.29, 1.82) is 0 Å². The molecular formula is C26H34N2O2. The first-order valence-corrected chi connectivity index (χ1v) is 10.9. The predicted octanol–water partition coefficient (Wildman–Crippen LogP) is 6.10. The normalized spacial score (nSPS) is 23.6. The predicted molar refractivity (Wildman–Crippen MR) is 118 cm³/mol. The molecule has 4 heteroatoms. The van der Waals surface area contributed by atoms with Crippen LogP contribution in [0.2, 0.25) is 0 Å². The first-order valence-electron chi connectivity index (χ1n) is 10.9. The monoisotopic (exact) mass is 406 g/mol. The van der Waals surface area contributed by atoms with E-state index >= 15 is 0 Å². The van der Waals surface area contributed by atoms with Gasteiger partial charge in [-0.15, -0.1) is 20.5 Å². The van der Waals surface area contributed by atoms with E-state index in [9.17, 15) is 10.4 Å². The first-order chi connectivity index (χ1) is 13.6. The third kappa shape index (κ3) is 2.61. The molecule has 2 heterocycles. The Hall–Kier alpha value is -1.72. The number of hydrogen-bond acceptors (Lipinski definition) is 2. The van der Waals surface area contributed by atoms with E-state index in [1.807, 2.05) is 55.4 Å². The van der Waals surface area contributed by atoms with E-state index < -0.39 is 22.2 Å². The molecular weight excluding hydrogens is 372 g/mol. The molecule has 2 aliphatic rings. The van der Waals surface area contributed by atoms with Crippen molar-refractivity contribution < 1.29 is 10.4 Å². The van der Waals surface area contributed by atoms with Gasteiger partial charge in [0.1, 0.15) is 0 Å². The van der Waals surface area contributed by atoms with Crippen LogP contribution in [-0.4, -0.2) is 10.1 Å². The second-order valence-electron chi connectivity index (χ2n) is 11.2. The van der Waals surface area contributed by atoms with Gasteiger partial charge in [0.15, 0.2) is 0 Å². The lowest BCUT2D eigenvalue weighted by atomic mass is 9.82. The molecule has 0 atom stereocenters. The minimum absolute atomic E-state index is 0.167. The van der Waals surface area contributed by atoms with Gasteiger partial charge in [0, 0.05) is 5.92 Å². The highest BCUT2D eigenvalue weighted by Crippen LogP contribution is 2.51. The summed E-state index contributed by atoms with van der Waals surface area (Å²) in [5.74, 6) is 0.167. The van der Waals surface area contributed by atoms with E-state index in [-0.39, 0.29) is 5.92 Å². The molecule has 2 aliphatic heterocycles. The van der Waals surface area contributed by atoms with Crippen molar-refractivity contribution in [3.05, 3.63) is 69.8 Å². The molecule has 0 bridgehead atoms. The minimum atomic E-state index is -0.554. The van der Waals surface area contributed by atoms with Crippen molar-refractivity contribution in [1.82, 2.24) is 10.1 Å². The summed E-state index contributed by atoms with van der Waals surface area (Å²) in [7, 11) is 0. The highest BCUT2D eigenvalue weighted by atomic mass is 16.5. The Morgan fingerprint density at radius 3 is 1.20 bits per heavy atom. The van der Waals surface area contributed by atoms with Gasteiger partial charge in [0.2, 0.25) is 0 Å². The Balaban J connectivity index is 1.78. The van der Waals surface area contributed by atoms with Crippen LogP contribution in [0, 0.1) is 0 Å². The summed E-state index contributed by atoms with van der Waals surface area (Å²) in [5, 5.41) is 28.3. The van der Waals surface area contributed by atoms with Gasteiger partial charge in [-0.1, -0.05) is 43.3 Å². The van der Waals surface area contributed by atoms with Crippen LogP contribution in [0.1, 0.15) is 102 Å². The van der Waals surface area contributed by atoms with E-state index in [4.69, 9.17) is 0 Å². The van der Waals surface area contributed by atoms with Crippen molar-refractivity contribution in [3.8, 4) is 0 Å². The van der Waals surface area contributed by atoms with Gasteiger partial charge in [-0.3, -0.25) is 0 Å². The zero-order valence-electron chi connectivity index (χ0n) is 19.8. The number of nitrogens with zero attached hydrogens (tertiary/aromatic N) is 2. The topological polar surface area (TPSA) is 46.3 Å². The summed E-state index contributed by atoms with van der Waals surface area (Å²) in [5.41, 5.74) is 4.67. The van der Waals surface area contributed by atoms with Crippen molar-refractivity contribution >= 4 is 0 Å². The molecule has 4 rings (SSSR count). The Morgan fingerprint density at radius 2 is 0.867 bits per heavy atom. The molecule has 4 nitrogen and oxygen atoms in total. The highest BCUT2D eigenvalue weighted by molar-refractivity contribution is 5.50. The third-order valence-corrected chi connectivity index (χ3v) is 7.75. The van der Waals surface area contributed by atoms with Crippen LogP contribution < -0.4 is 0 Å². The maximum absolute atomic E-state index is 12.9. The molecule has 2 aromatic rings. The van der Waals surface area contributed by atoms with Gasteiger partial charge in [0.05, 0.1) is 22.2 Å². The number of hydrogen-bond donors (Lipinski definition) is 0. The van der Waals surface area contributed by atoms with Gasteiger partial charge in [-0.05, 0) is 88.8 Å². The molecule has 2 aromatic carbocycles. The molecule has 0 aromatic heterocycles. The molecule has 0 N–H and O–H groups in total. The van der Waals surface area contributed by atoms with Crippen LogP contribution in [0.3, 0.4) is 0 Å². The maximum Gasteiger partial charge on any atom is 0.0699 e. The molecule has 0 aliphatic carbocycles. The fourth-order valence-electron chi connectivity index (χ4n) is 5.77. The fraction of sp³-hybridized carbons (Fsp3) is 0.538. The van der Waals surface area contributed by atoms with Crippen molar-refractivity contribution in [2.24, 2.45) is 0 Å². The third-order valence-electron chi connectivity index (χ3n) is 7.75. The molecule has 0 fully saturated rings. The Labute approximate surface area is 181 Å². The van der Waals surface area contributed by atoms with Crippen molar-refractivity contribution in [3.63, 3.8) is 0 Å². The quantitative estimate of drug-likeness (QED) is 0.605. The molecule has 2 radical (unpaired) electrons. The second-order valence-corrected chi connectivity index (χ2v) is 11.2. The van der Waals surface area contributed by atoms with E-state index in [2.05, 4.69) is 43.3 Å². The Morgan fingerprint density at radius 1 is 0.567 bits per heavy atom. The summed E-state index contributed by atoms with van der Waals surface area (Å²) in [6, 6.07) is 13.0. The summed E-state index contributed by atoms with van der Waals surface area (Å²) in [4.78, 5) is 0. The average Bonchev–Trinajstić information content (AvgIpc) is 2.91. The average molecular weight is 407 g/mol. The molecule has 30 heavy (non-hydrogen) atoms. The van der Waals surface area contributed by atoms with Gasteiger partial charge in [0.25, 0.3) is 0 Å². The van der Waals surface area contributed by atoms with Gasteiger partial charge in [-0.2, -0.15) is 0 Å². The van der Waals surface area contributed by atoms with Crippen molar-refractivity contribution in [2.45, 2.75) is 90.4 Å². The van der Waals surface area contributed by atoms with Crippen LogP contribution in [0.15, 0.2) is 36.4 Å². The standard InChI is InChI=1S/C26H34N2O2/c1-16(17-10-12-19-21(14-17)25(6,7)27(29)23(19,2)3)18-11-13-20-22(15-18)26(8,9)28(30)24(20,4)5/h10-16H,1-9H3. The van der Waals surface area contributed by atoms with E-state index in [1.54, 1.807) is 0 Å². The summed E-state index contributed by atoms with van der Waals surface area (Å²) in [6.07, 6.45) is 0. The van der Waals surface area contributed by atoms with Crippen LogP contribution >= 0.6 is 0 Å². The van der Waals surface area contributed by atoms with Crippen LogP contribution in [0.5, 0.6) is 0 Å². The Bertz CT molecular complexity index is 938. The maximum atomic E-state index is 12.9. The molecule has 0 saturated carbocycles. The molecule has 0 spiro atoms. The lowest BCUT2D eigenvalue weighted by Gasteiger charge is -2.32. The first kappa shape index (κ1) is 21.5. The van der Waals surface area contributed by atoms with E-state index in [1.165, 1.54) is 21.3 Å². The highest BCUT2D eigenvalue weighted by Gasteiger charge is 2.51. The summed E-state index contributed by atoms with van der Waals surface area (Å²) >= 11 is 0. The molecule has 0 amide bonds. The zero-order chi connectivity index (χ0) is 22.4. The van der Waals surface area contributed by atoms with Crippen molar-refractivity contribution in [2.75, 3.05) is 0 Å². The number of fused-ring (bicyclic) bond motifs is 2. The smallest absolute Gasteiger partial charge is 0.0699 e.